The zero-order chi connectivity index (χ0) is 23.9. The molecule has 176 valence electrons. The number of amides is 1. The van der Waals surface area contributed by atoms with Crippen LogP contribution in [0.2, 0.25) is 0 Å². The highest BCUT2D eigenvalue weighted by atomic mass is 32.2. The van der Waals surface area contributed by atoms with E-state index in [0.717, 1.165) is 4.57 Å². The Morgan fingerprint density at radius 1 is 1.15 bits per heavy atom. The van der Waals surface area contributed by atoms with Gasteiger partial charge in [-0.05, 0) is 25.1 Å². The molecule has 1 atom stereocenters. The van der Waals surface area contributed by atoms with Crippen LogP contribution < -0.4 is 16.6 Å². The first-order chi connectivity index (χ1) is 15.6. The number of morpholine rings is 1. The number of imidazole rings is 1. The zero-order valence-corrected chi connectivity index (χ0v) is 19.2. The summed E-state index contributed by atoms with van der Waals surface area (Å²) in [4.78, 5) is 41.9. The van der Waals surface area contributed by atoms with Gasteiger partial charge in [-0.15, -0.1) is 0 Å². The number of carbonyl (C=O) groups excluding carboxylic acids is 1. The molecule has 1 N–H and O–H groups in total. The SMILES string of the molecule is C[C@H](C(=O)Nc1cccc(S(=O)(=O)N2CCOCC2)c1)n1cnc2c1c(=O)n(C)c(=O)n2C. The smallest absolute Gasteiger partial charge is 0.332 e. The minimum atomic E-state index is -3.72. The Morgan fingerprint density at radius 3 is 2.55 bits per heavy atom. The molecule has 1 aliphatic rings. The summed E-state index contributed by atoms with van der Waals surface area (Å²) in [6, 6.07) is 5.13. The summed E-state index contributed by atoms with van der Waals surface area (Å²) in [5, 5.41) is 2.70. The summed E-state index contributed by atoms with van der Waals surface area (Å²) in [6.07, 6.45) is 1.33. The number of hydrogen-bond acceptors (Lipinski definition) is 7. The highest BCUT2D eigenvalue weighted by Crippen LogP contribution is 2.22. The Bertz CT molecular complexity index is 1450. The van der Waals surface area contributed by atoms with Crippen molar-refractivity contribution in [2.45, 2.75) is 17.9 Å². The van der Waals surface area contributed by atoms with E-state index in [4.69, 9.17) is 4.74 Å². The number of aryl methyl sites for hydroxylation is 1. The third-order valence-corrected chi connectivity index (χ3v) is 7.57. The molecule has 0 unspecified atom stereocenters. The summed E-state index contributed by atoms with van der Waals surface area (Å²) in [7, 11) is -0.875. The average Bonchev–Trinajstić information content (AvgIpc) is 3.27. The maximum absolute atomic E-state index is 13.0. The lowest BCUT2D eigenvalue weighted by atomic mass is 10.2. The zero-order valence-electron chi connectivity index (χ0n) is 18.4. The number of nitrogens with one attached hydrogen (secondary N) is 1. The maximum Gasteiger partial charge on any atom is 0.332 e. The van der Waals surface area contributed by atoms with E-state index >= 15 is 0 Å². The van der Waals surface area contributed by atoms with Crippen LogP contribution in [0.4, 0.5) is 5.69 Å². The van der Waals surface area contributed by atoms with Crippen LogP contribution in [-0.4, -0.2) is 63.6 Å². The Kier molecular flexibility index (Phi) is 5.95. The van der Waals surface area contributed by atoms with E-state index < -0.39 is 33.2 Å². The van der Waals surface area contributed by atoms with E-state index in [0.29, 0.717) is 18.9 Å². The lowest BCUT2D eigenvalue weighted by Gasteiger charge is -2.26. The van der Waals surface area contributed by atoms with Gasteiger partial charge in [0.15, 0.2) is 11.2 Å². The molecule has 33 heavy (non-hydrogen) atoms. The number of hydrogen-bond donors (Lipinski definition) is 1. The third-order valence-electron chi connectivity index (χ3n) is 5.68. The van der Waals surface area contributed by atoms with Gasteiger partial charge in [0.05, 0.1) is 24.4 Å². The Morgan fingerprint density at radius 2 is 1.85 bits per heavy atom. The quantitative estimate of drug-likeness (QED) is 0.531. The van der Waals surface area contributed by atoms with Crippen LogP contribution in [-0.2, 0) is 33.7 Å². The van der Waals surface area contributed by atoms with Crippen molar-refractivity contribution in [1.29, 1.82) is 0 Å². The van der Waals surface area contributed by atoms with E-state index in [1.54, 1.807) is 19.1 Å². The Balaban J connectivity index is 1.61. The number of carbonyl (C=O) groups is 1. The minimum absolute atomic E-state index is 0.0619. The van der Waals surface area contributed by atoms with Crippen molar-refractivity contribution in [3.8, 4) is 0 Å². The van der Waals surface area contributed by atoms with Crippen LogP contribution in [0.25, 0.3) is 11.2 Å². The first-order valence-electron chi connectivity index (χ1n) is 10.2. The van der Waals surface area contributed by atoms with Gasteiger partial charge in [-0.25, -0.2) is 18.2 Å². The van der Waals surface area contributed by atoms with Gasteiger partial charge >= 0.3 is 5.69 Å². The summed E-state index contributed by atoms with van der Waals surface area (Å²) in [6.45, 7) is 2.77. The monoisotopic (exact) mass is 476 g/mol. The standard InChI is InChI=1S/C20H24N6O6S/c1-13(26-12-21-17-16(26)19(28)24(3)20(29)23(17)2)18(27)22-14-5-4-6-15(11-14)33(30,31)25-7-9-32-10-8-25/h4-6,11-13H,7-10H2,1-3H3,(H,22,27)/t13-/m1/s1. The Hall–Kier alpha value is -3.29. The second-order valence-electron chi connectivity index (χ2n) is 7.74. The molecule has 1 amide bonds. The number of rotatable bonds is 5. The summed E-state index contributed by atoms with van der Waals surface area (Å²) in [5.74, 6) is -0.480. The molecule has 13 heteroatoms. The number of ether oxygens (including phenoxy) is 1. The highest BCUT2D eigenvalue weighted by Gasteiger charge is 2.27. The maximum atomic E-state index is 13.0. The Labute approximate surface area is 189 Å². The fraction of sp³-hybridized carbons (Fsp3) is 0.400. The molecule has 4 rings (SSSR count). The van der Waals surface area contributed by atoms with Gasteiger partial charge in [0.25, 0.3) is 5.56 Å². The van der Waals surface area contributed by atoms with Crippen molar-refractivity contribution in [3.63, 3.8) is 0 Å². The van der Waals surface area contributed by atoms with Crippen LogP contribution in [0.1, 0.15) is 13.0 Å². The lowest BCUT2D eigenvalue weighted by Crippen LogP contribution is -2.40. The molecule has 3 aromatic rings. The summed E-state index contributed by atoms with van der Waals surface area (Å²) in [5.41, 5.74) is -0.504. The molecule has 12 nitrogen and oxygen atoms in total. The van der Waals surface area contributed by atoms with Gasteiger partial charge in [0.1, 0.15) is 6.04 Å². The van der Waals surface area contributed by atoms with Crippen LogP contribution in [0.5, 0.6) is 0 Å². The van der Waals surface area contributed by atoms with Crippen LogP contribution >= 0.6 is 0 Å². The first kappa shape index (κ1) is 22.9. The summed E-state index contributed by atoms with van der Waals surface area (Å²) < 4.78 is 35.9. The normalized spacial score (nSPS) is 16.1. The molecule has 0 saturated carbocycles. The number of nitrogens with zero attached hydrogens (tertiary/aromatic N) is 5. The highest BCUT2D eigenvalue weighted by molar-refractivity contribution is 7.89. The molecule has 3 heterocycles. The molecule has 0 bridgehead atoms. The lowest BCUT2D eigenvalue weighted by molar-refractivity contribution is -0.118. The second kappa shape index (κ2) is 8.57. The molecule has 2 aromatic heterocycles. The van der Waals surface area contributed by atoms with Gasteiger partial charge in [0.2, 0.25) is 15.9 Å². The molecule has 1 fully saturated rings. The predicted octanol–water partition coefficient (Wildman–Crippen LogP) is -0.346. The molecular weight excluding hydrogens is 452 g/mol. The van der Waals surface area contributed by atoms with Gasteiger partial charge in [0, 0.05) is 32.9 Å². The van der Waals surface area contributed by atoms with Gasteiger partial charge in [-0.1, -0.05) is 6.07 Å². The van der Waals surface area contributed by atoms with Crippen LogP contribution in [0.3, 0.4) is 0 Å². The molecular formula is C20H24N6O6S. The van der Waals surface area contributed by atoms with E-state index in [1.165, 1.54) is 46.0 Å². The van der Waals surface area contributed by atoms with Gasteiger partial charge in [-0.3, -0.25) is 18.7 Å². The minimum Gasteiger partial charge on any atom is -0.379 e. The fourth-order valence-corrected chi connectivity index (χ4v) is 5.16. The number of fused-ring (bicyclic) bond motifs is 1. The largest absolute Gasteiger partial charge is 0.379 e. The summed E-state index contributed by atoms with van der Waals surface area (Å²) >= 11 is 0. The number of anilines is 1. The van der Waals surface area contributed by atoms with Crippen LogP contribution in [0, 0.1) is 0 Å². The van der Waals surface area contributed by atoms with Crippen LogP contribution in [0.15, 0.2) is 45.1 Å². The van der Waals surface area contributed by atoms with Gasteiger partial charge in [-0.2, -0.15) is 4.31 Å². The average molecular weight is 477 g/mol. The predicted molar refractivity (Wildman–Crippen MR) is 120 cm³/mol. The van der Waals surface area contributed by atoms with Crippen molar-refractivity contribution < 1.29 is 17.9 Å². The molecule has 1 aromatic carbocycles. The van der Waals surface area contributed by atoms with Crippen molar-refractivity contribution in [1.82, 2.24) is 23.0 Å². The van der Waals surface area contributed by atoms with E-state index in [9.17, 15) is 22.8 Å². The van der Waals surface area contributed by atoms with Crippen molar-refractivity contribution >= 4 is 32.8 Å². The molecule has 0 spiro atoms. The second-order valence-corrected chi connectivity index (χ2v) is 9.68. The van der Waals surface area contributed by atoms with E-state index in [2.05, 4.69) is 10.3 Å². The third kappa shape index (κ3) is 3.98. The molecule has 0 aliphatic carbocycles. The number of sulfonamides is 1. The number of benzene rings is 1. The molecule has 0 radical (unpaired) electrons. The van der Waals surface area contributed by atoms with Crippen molar-refractivity contribution in [2.75, 3.05) is 31.6 Å². The van der Waals surface area contributed by atoms with Gasteiger partial charge < -0.3 is 14.6 Å². The molecule has 1 aliphatic heterocycles. The molecule has 1 saturated heterocycles. The van der Waals surface area contributed by atoms with Crippen molar-refractivity contribution in [2.24, 2.45) is 14.1 Å². The fourth-order valence-electron chi connectivity index (χ4n) is 3.70. The van der Waals surface area contributed by atoms with E-state index in [1.807, 2.05) is 0 Å². The first-order valence-corrected chi connectivity index (χ1v) is 11.7. The van der Waals surface area contributed by atoms with E-state index in [-0.39, 0.29) is 29.1 Å². The topological polar surface area (TPSA) is 138 Å². The number of aromatic nitrogens is 4. The van der Waals surface area contributed by atoms with Crippen molar-refractivity contribution in [3.05, 3.63) is 51.4 Å².